The molecule has 2 aromatic carbocycles. The van der Waals surface area contributed by atoms with Crippen molar-refractivity contribution in [3.8, 4) is 17.2 Å². The Kier molecular flexibility index (Phi) is 4.39. The third kappa shape index (κ3) is 3.57. The number of hydrogen-bond acceptors (Lipinski definition) is 5. The molecule has 0 bridgehead atoms. The van der Waals surface area contributed by atoms with Gasteiger partial charge < -0.3 is 14.3 Å². The van der Waals surface area contributed by atoms with Crippen LogP contribution < -0.4 is 4.74 Å². The molecular weight excluding hydrogens is 292 g/mol. The van der Waals surface area contributed by atoms with Gasteiger partial charge in [-0.2, -0.15) is 0 Å². The van der Waals surface area contributed by atoms with Gasteiger partial charge in [0, 0.05) is 5.56 Å². The average Bonchev–Trinajstić information content (AvgIpc) is 3.10. The van der Waals surface area contributed by atoms with E-state index in [0.29, 0.717) is 11.6 Å². The summed E-state index contributed by atoms with van der Waals surface area (Å²) in [5.74, 6) is 1.08. The number of benzene rings is 2. The number of ether oxygens (including phenoxy) is 1. The summed E-state index contributed by atoms with van der Waals surface area (Å²) in [6, 6.07) is 13.4. The highest BCUT2D eigenvalue weighted by Crippen LogP contribution is 2.24. The molecule has 0 aliphatic carbocycles. The Morgan fingerprint density at radius 3 is 2.83 bits per heavy atom. The van der Waals surface area contributed by atoms with E-state index in [9.17, 15) is 5.11 Å². The van der Waals surface area contributed by atoms with Crippen LogP contribution in [-0.4, -0.2) is 21.9 Å². The largest absolute Gasteiger partial charge is 0.491 e. The van der Waals surface area contributed by atoms with Crippen molar-refractivity contribution >= 4 is 0 Å². The Hall–Kier alpha value is -2.66. The fourth-order valence-corrected chi connectivity index (χ4v) is 2.40. The van der Waals surface area contributed by atoms with Crippen LogP contribution in [0.2, 0.25) is 0 Å². The first-order valence-corrected chi connectivity index (χ1v) is 7.38. The van der Waals surface area contributed by atoms with Gasteiger partial charge in [0.05, 0.1) is 0 Å². The molecule has 0 saturated heterocycles. The molecule has 0 amide bonds. The van der Waals surface area contributed by atoms with Gasteiger partial charge in [0.1, 0.15) is 18.5 Å². The molecule has 0 saturated carbocycles. The molecule has 118 valence electrons. The summed E-state index contributed by atoms with van der Waals surface area (Å²) in [5, 5.41) is 17.9. The lowest BCUT2D eigenvalue weighted by molar-refractivity contribution is 0.107. The minimum Gasteiger partial charge on any atom is -0.491 e. The minimum absolute atomic E-state index is 0.178. The highest BCUT2D eigenvalue weighted by atomic mass is 16.5. The monoisotopic (exact) mass is 310 g/mol. The second-order valence-corrected chi connectivity index (χ2v) is 5.46. The van der Waals surface area contributed by atoms with Crippen molar-refractivity contribution in [2.45, 2.75) is 20.0 Å². The van der Waals surface area contributed by atoms with Crippen molar-refractivity contribution < 1.29 is 14.3 Å². The van der Waals surface area contributed by atoms with Crippen LogP contribution in [0.25, 0.3) is 11.5 Å². The predicted molar refractivity (Wildman–Crippen MR) is 86.1 cm³/mol. The lowest BCUT2D eigenvalue weighted by Gasteiger charge is -2.15. The molecule has 5 nitrogen and oxygen atoms in total. The molecule has 1 N–H and O–H groups in total. The first kappa shape index (κ1) is 15.2. The van der Waals surface area contributed by atoms with Crippen LogP contribution in [-0.2, 0) is 0 Å². The molecule has 0 fully saturated rings. The Labute approximate surface area is 134 Å². The highest BCUT2D eigenvalue weighted by Gasteiger charge is 2.12. The number of aliphatic hydroxyl groups is 1. The summed E-state index contributed by atoms with van der Waals surface area (Å²) in [6.07, 6.45) is 0.606. The summed E-state index contributed by atoms with van der Waals surface area (Å²) in [6.45, 7) is 4.16. The Bertz CT molecular complexity index is 785. The van der Waals surface area contributed by atoms with E-state index < -0.39 is 6.10 Å². The number of hydrogen-bond donors (Lipinski definition) is 1. The normalized spacial score (nSPS) is 12.1. The van der Waals surface area contributed by atoms with Gasteiger partial charge in [0.25, 0.3) is 0 Å². The lowest BCUT2D eigenvalue weighted by atomic mass is 10.0. The first-order valence-electron chi connectivity index (χ1n) is 7.38. The molecule has 0 aliphatic heterocycles. The van der Waals surface area contributed by atoms with E-state index >= 15 is 0 Å². The molecule has 3 rings (SSSR count). The molecule has 5 heteroatoms. The molecule has 0 radical (unpaired) electrons. The van der Waals surface area contributed by atoms with E-state index in [1.54, 1.807) is 0 Å². The quantitative estimate of drug-likeness (QED) is 0.781. The van der Waals surface area contributed by atoms with Crippen LogP contribution in [0.15, 0.2) is 53.3 Å². The summed E-state index contributed by atoms with van der Waals surface area (Å²) < 4.78 is 10.9. The number of aryl methyl sites for hydroxylation is 2. The van der Waals surface area contributed by atoms with E-state index in [4.69, 9.17) is 9.15 Å². The van der Waals surface area contributed by atoms with Gasteiger partial charge in [-0.25, -0.2) is 0 Å². The predicted octanol–water partition coefficient (Wildman–Crippen LogP) is 3.47. The van der Waals surface area contributed by atoms with Gasteiger partial charge in [0.15, 0.2) is 0 Å². The van der Waals surface area contributed by atoms with Crippen LogP contribution in [0, 0.1) is 13.8 Å². The lowest BCUT2D eigenvalue weighted by Crippen LogP contribution is -2.11. The molecule has 1 heterocycles. The second-order valence-electron chi connectivity index (χ2n) is 5.46. The standard InChI is InChI=1S/C18H18N2O3/c1-12-6-7-13(2)16(8-12)17(21)10-22-15-5-3-4-14(9-15)18-20-19-11-23-18/h3-9,11,17,21H,10H2,1-2H3/t17-/m1/s1. The van der Waals surface area contributed by atoms with Crippen LogP contribution in [0.1, 0.15) is 22.8 Å². The third-order valence-corrected chi connectivity index (χ3v) is 3.64. The van der Waals surface area contributed by atoms with Crippen LogP contribution in [0.5, 0.6) is 5.75 Å². The minimum atomic E-state index is -0.679. The summed E-state index contributed by atoms with van der Waals surface area (Å²) >= 11 is 0. The zero-order chi connectivity index (χ0) is 16.2. The van der Waals surface area contributed by atoms with E-state index in [-0.39, 0.29) is 6.61 Å². The number of nitrogens with zero attached hydrogens (tertiary/aromatic N) is 2. The van der Waals surface area contributed by atoms with Crippen molar-refractivity contribution in [2.75, 3.05) is 6.61 Å². The SMILES string of the molecule is Cc1ccc(C)c([C@H](O)COc2cccc(-c3nnco3)c2)c1. The molecule has 0 aliphatic rings. The molecule has 0 unspecified atom stereocenters. The van der Waals surface area contributed by atoms with Crippen molar-refractivity contribution in [3.05, 3.63) is 65.5 Å². The number of rotatable bonds is 5. The molecule has 23 heavy (non-hydrogen) atoms. The topological polar surface area (TPSA) is 68.4 Å². The molecular formula is C18H18N2O3. The molecule has 0 spiro atoms. The second kappa shape index (κ2) is 6.62. The zero-order valence-electron chi connectivity index (χ0n) is 13.1. The average molecular weight is 310 g/mol. The first-order chi connectivity index (χ1) is 11.1. The van der Waals surface area contributed by atoms with Gasteiger partial charge in [-0.1, -0.05) is 29.8 Å². The van der Waals surface area contributed by atoms with E-state index in [2.05, 4.69) is 10.2 Å². The molecule has 1 aromatic heterocycles. The van der Waals surface area contributed by atoms with Gasteiger partial charge in [0.2, 0.25) is 12.3 Å². The highest BCUT2D eigenvalue weighted by molar-refractivity contribution is 5.55. The van der Waals surface area contributed by atoms with Gasteiger partial charge in [-0.05, 0) is 43.2 Å². The van der Waals surface area contributed by atoms with Crippen molar-refractivity contribution in [3.63, 3.8) is 0 Å². The third-order valence-electron chi connectivity index (χ3n) is 3.64. The maximum atomic E-state index is 10.4. The van der Waals surface area contributed by atoms with Crippen molar-refractivity contribution in [1.29, 1.82) is 0 Å². The number of aliphatic hydroxyl groups excluding tert-OH is 1. The summed E-state index contributed by atoms with van der Waals surface area (Å²) in [7, 11) is 0. The maximum absolute atomic E-state index is 10.4. The van der Waals surface area contributed by atoms with Crippen LogP contribution in [0.3, 0.4) is 0 Å². The zero-order valence-corrected chi connectivity index (χ0v) is 13.1. The van der Waals surface area contributed by atoms with Gasteiger partial charge in [-0.15, -0.1) is 10.2 Å². The fraction of sp³-hybridized carbons (Fsp3) is 0.222. The van der Waals surface area contributed by atoms with E-state index in [1.165, 1.54) is 6.39 Å². The van der Waals surface area contributed by atoms with E-state index in [1.807, 2.05) is 56.3 Å². The number of aromatic nitrogens is 2. The van der Waals surface area contributed by atoms with Crippen molar-refractivity contribution in [2.24, 2.45) is 0 Å². The van der Waals surface area contributed by atoms with Crippen molar-refractivity contribution in [1.82, 2.24) is 10.2 Å². The maximum Gasteiger partial charge on any atom is 0.247 e. The van der Waals surface area contributed by atoms with Gasteiger partial charge in [-0.3, -0.25) is 0 Å². The molecule has 3 aromatic rings. The summed E-state index contributed by atoms with van der Waals surface area (Å²) in [4.78, 5) is 0. The smallest absolute Gasteiger partial charge is 0.247 e. The fourth-order valence-electron chi connectivity index (χ4n) is 2.40. The Morgan fingerprint density at radius 1 is 1.17 bits per heavy atom. The van der Waals surface area contributed by atoms with E-state index in [0.717, 1.165) is 22.3 Å². The Balaban J connectivity index is 1.71. The van der Waals surface area contributed by atoms with Crippen LogP contribution in [0.4, 0.5) is 0 Å². The van der Waals surface area contributed by atoms with Crippen LogP contribution >= 0.6 is 0 Å². The van der Waals surface area contributed by atoms with Gasteiger partial charge >= 0.3 is 0 Å². The summed E-state index contributed by atoms with van der Waals surface area (Å²) in [5.41, 5.74) is 3.83. The molecule has 1 atom stereocenters. The Morgan fingerprint density at radius 2 is 2.04 bits per heavy atom.